The molecule has 0 saturated heterocycles. The summed E-state index contributed by atoms with van der Waals surface area (Å²) in [5, 5.41) is 15.6. The van der Waals surface area contributed by atoms with E-state index >= 15 is 0 Å². The number of ether oxygens (including phenoxy) is 1. The summed E-state index contributed by atoms with van der Waals surface area (Å²) in [4.78, 5) is 29.4. The predicted molar refractivity (Wildman–Crippen MR) is 130 cm³/mol. The lowest BCUT2D eigenvalue weighted by Gasteiger charge is -2.11. The number of carbonyl (C=O) groups excluding carboxylic acids is 2. The van der Waals surface area contributed by atoms with E-state index in [2.05, 4.69) is 21.7 Å². The van der Waals surface area contributed by atoms with Crippen molar-refractivity contribution < 1.29 is 14.3 Å². The lowest BCUT2D eigenvalue weighted by Crippen LogP contribution is -2.15. The van der Waals surface area contributed by atoms with Gasteiger partial charge in [-0.05, 0) is 68.3 Å². The minimum absolute atomic E-state index is 0.111. The summed E-state index contributed by atoms with van der Waals surface area (Å²) in [6.07, 6.45) is 0. The Morgan fingerprint density at radius 1 is 1.03 bits per heavy atom. The van der Waals surface area contributed by atoms with Crippen molar-refractivity contribution in [3.63, 3.8) is 0 Å². The van der Waals surface area contributed by atoms with E-state index in [0.29, 0.717) is 33.3 Å². The quantitative estimate of drug-likeness (QED) is 0.488. The normalized spacial score (nSPS) is 10.3. The molecule has 0 unspecified atom stereocenters. The van der Waals surface area contributed by atoms with Gasteiger partial charge in [-0.1, -0.05) is 23.9 Å². The molecule has 2 amide bonds. The van der Waals surface area contributed by atoms with Crippen LogP contribution >= 0.6 is 11.8 Å². The first kappa shape index (κ1) is 23.8. The standard InChI is InChI=1S/C25H24N4O3S/c1-15-16(2)20(13-26)25(27-17(15)3)33-14-23(30)28-19-11-9-18(10-12-19)24(31)29-21-7-5-6-8-22(21)32-4/h5-12H,14H2,1-4H3,(H,28,30)(H,29,31). The Morgan fingerprint density at radius 2 is 1.73 bits per heavy atom. The van der Waals surface area contributed by atoms with Crippen LogP contribution in [0.4, 0.5) is 11.4 Å². The molecule has 1 aromatic heterocycles. The van der Waals surface area contributed by atoms with Crippen LogP contribution in [-0.2, 0) is 4.79 Å². The van der Waals surface area contributed by atoms with Crippen molar-refractivity contribution in [1.29, 1.82) is 5.26 Å². The van der Waals surface area contributed by atoms with E-state index in [-0.39, 0.29) is 17.6 Å². The van der Waals surface area contributed by atoms with Crippen molar-refractivity contribution in [2.75, 3.05) is 23.5 Å². The van der Waals surface area contributed by atoms with Crippen molar-refractivity contribution >= 4 is 35.0 Å². The number of benzene rings is 2. The third-order valence-electron chi connectivity index (χ3n) is 5.20. The Hall–Kier alpha value is -3.83. The average Bonchev–Trinajstić information content (AvgIpc) is 2.82. The van der Waals surface area contributed by atoms with E-state index < -0.39 is 0 Å². The Bertz CT molecular complexity index is 1230. The van der Waals surface area contributed by atoms with Crippen LogP contribution in [0, 0.1) is 32.1 Å². The fraction of sp³-hybridized carbons (Fsp3) is 0.200. The van der Waals surface area contributed by atoms with Crippen LogP contribution in [0.25, 0.3) is 0 Å². The van der Waals surface area contributed by atoms with Gasteiger partial charge in [0.15, 0.2) is 0 Å². The molecule has 0 aliphatic carbocycles. The van der Waals surface area contributed by atoms with Gasteiger partial charge in [0, 0.05) is 16.9 Å². The minimum Gasteiger partial charge on any atom is -0.495 e. The number of thioether (sulfide) groups is 1. The molecule has 2 aromatic carbocycles. The van der Waals surface area contributed by atoms with E-state index in [9.17, 15) is 14.9 Å². The van der Waals surface area contributed by atoms with Gasteiger partial charge in [0.2, 0.25) is 5.91 Å². The Morgan fingerprint density at radius 3 is 2.39 bits per heavy atom. The number of pyridine rings is 1. The molecule has 33 heavy (non-hydrogen) atoms. The molecule has 2 N–H and O–H groups in total. The van der Waals surface area contributed by atoms with Crippen molar-refractivity contribution in [2.45, 2.75) is 25.8 Å². The van der Waals surface area contributed by atoms with Gasteiger partial charge in [-0.2, -0.15) is 5.26 Å². The van der Waals surface area contributed by atoms with E-state index in [1.165, 1.54) is 11.8 Å². The number of para-hydroxylation sites is 2. The monoisotopic (exact) mass is 460 g/mol. The molecule has 0 fully saturated rings. The number of aromatic nitrogens is 1. The van der Waals surface area contributed by atoms with Crippen molar-refractivity contribution in [2.24, 2.45) is 0 Å². The lowest BCUT2D eigenvalue weighted by atomic mass is 10.1. The number of amides is 2. The molecular formula is C25H24N4O3S. The average molecular weight is 461 g/mol. The van der Waals surface area contributed by atoms with Crippen LogP contribution in [0.2, 0.25) is 0 Å². The molecule has 168 valence electrons. The highest BCUT2D eigenvalue weighted by molar-refractivity contribution is 8.00. The number of hydrogen-bond donors (Lipinski definition) is 2. The minimum atomic E-state index is -0.284. The topological polar surface area (TPSA) is 104 Å². The number of methoxy groups -OCH3 is 1. The maximum absolute atomic E-state index is 12.5. The van der Waals surface area contributed by atoms with Crippen LogP contribution in [0.5, 0.6) is 5.75 Å². The van der Waals surface area contributed by atoms with Gasteiger partial charge in [-0.25, -0.2) is 4.98 Å². The first-order valence-corrected chi connectivity index (χ1v) is 11.2. The van der Waals surface area contributed by atoms with Crippen molar-refractivity contribution in [3.05, 3.63) is 76.5 Å². The molecule has 0 saturated carbocycles. The molecule has 1 heterocycles. The zero-order valence-corrected chi connectivity index (χ0v) is 19.7. The molecule has 0 spiro atoms. The van der Waals surface area contributed by atoms with Gasteiger partial charge >= 0.3 is 0 Å². The Labute approximate surface area is 197 Å². The summed E-state index contributed by atoms with van der Waals surface area (Å²) in [5.74, 6) is 0.167. The second-order valence-corrected chi connectivity index (χ2v) is 8.27. The SMILES string of the molecule is COc1ccccc1NC(=O)c1ccc(NC(=O)CSc2nc(C)c(C)c(C)c2C#N)cc1. The zero-order chi connectivity index (χ0) is 24.0. The van der Waals surface area contributed by atoms with Gasteiger partial charge in [-0.15, -0.1) is 0 Å². The van der Waals surface area contributed by atoms with Gasteiger partial charge in [0.05, 0.1) is 24.1 Å². The molecule has 0 aliphatic rings. The van der Waals surface area contributed by atoms with Gasteiger partial charge in [0.25, 0.3) is 5.91 Å². The fourth-order valence-corrected chi connectivity index (χ4v) is 4.01. The van der Waals surface area contributed by atoms with E-state index in [4.69, 9.17) is 4.74 Å². The maximum atomic E-state index is 12.5. The highest BCUT2D eigenvalue weighted by Crippen LogP contribution is 2.27. The number of rotatable bonds is 7. The predicted octanol–water partition coefficient (Wildman–Crippen LogP) is 4.87. The van der Waals surface area contributed by atoms with Crippen LogP contribution < -0.4 is 15.4 Å². The van der Waals surface area contributed by atoms with Crippen LogP contribution in [0.1, 0.15) is 32.7 Å². The number of aryl methyl sites for hydroxylation is 1. The molecule has 8 heteroatoms. The highest BCUT2D eigenvalue weighted by atomic mass is 32.2. The van der Waals surface area contributed by atoms with Crippen LogP contribution in [-0.4, -0.2) is 29.7 Å². The molecule has 0 atom stereocenters. The van der Waals surface area contributed by atoms with E-state index in [0.717, 1.165) is 16.8 Å². The van der Waals surface area contributed by atoms with Crippen LogP contribution in [0.15, 0.2) is 53.6 Å². The summed E-state index contributed by atoms with van der Waals surface area (Å²) >= 11 is 1.23. The number of anilines is 2. The third-order valence-corrected chi connectivity index (χ3v) is 6.18. The second kappa shape index (κ2) is 10.7. The Balaban J connectivity index is 1.61. The summed E-state index contributed by atoms with van der Waals surface area (Å²) in [5.41, 5.74) is 4.80. The van der Waals surface area contributed by atoms with E-state index in [1.54, 1.807) is 43.5 Å². The molecule has 7 nitrogen and oxygen atoms in total. The van der Waals surface area contributed by atoms with Gasteiger partial charge < -0.3 is 15.4 Å². The fourth-order valence-electron chi connectivity index (χ4n) is 3.13. The summed E-state index contributed by atoms with van der Waals surface area (Å²) < 4.78 is 5.25. The second-order valence-electron chi connectivity index (χ2n) is 7.31. The molecule has 0 bridgehead atoms. The highest BCUT2D eigenvalue weighted by Gasteiger charge is 2.15. The number of nitrogens with one attached hydrogen (secondary N) is 2. The Kier molecular flexibility index (Phi) is 7.70. The number of hydrogen-bond acceptors (Lipinski definition) is 6. The van der Waals surface area contributed by atoms with E-state index in [1.807, 2.05) is 32.9 Å². The largest absolute Gasteiger partial charge is 0.495 e. The molecule has 3 aromatic rings. The maximum Gasteiger partial charge on any atom is 0.255 e. The molecule has 0 aliphatic heterocycles. The number of nitriles is 1. The first-order chi connectivity index (χ1) is 15.8. The zero-order valence-electron chi connectivity index (χ0n) is 18.9. The number of carbonyl (C=O) groups is 2. The van der Waals surface area contributed by atoms with Crippen molar-refractivity contribution in [1.82, 2.24) is 4.98 Å². The third kappa shape index (κ3) is 5.70. The molecular weight excluding hydrogens is 436 g/mol. The first-order valence-electron chi connectivity index (χ1n) is 10.2. The smallest absolute Gasteiger partial charge is 0.255 e. The summed E-state index contributed by atoms with van der Waals surface area (Å²) in [7, 11) is 1.54. The summed E-state index contributed by atoms with van der Waals surface area (Å²) in [6.45, 7) is 5.71. The van der Waals surface area contributed by atoms with Gasteiger partial charge in [-0.3, -0.25) is 9.59 Å². The molecule has 3 rings (SSSR count). The van der Waals surface area contributed by atoms with Crippen LogP contribution in [0.3, 0.4) is 0 Å². The number of nitrogens with zero attached hydrogens (tertiary/aromatic N) is 2. The van der Waals surface area contributed by atoms with Gasteiger partial charge in [0.1, 0.15) is 16.8 Å². The lowest BCUT2D eigenvalue weighted by molar-refractivity contribution is -0.113. The van der Waals surface area contributed by atoms with Crippen molar-refractivity contribution in [3.8, 4) is 11.8 Å². The summed E-state index contributed by atoms with van der Waals surface area (Å²) in [6, 6.07) is 15.9. The molecule has 0 radical (unpaired) electrons.